The summed E-state index contributed by atoms with van der Waals surface area (Å²) in [7, 11) is 6.67. The van der Waals surface area contributed by atoms with Crippen LogP contribution in [0, 0.1) is 11.8 Å². The van der Waals surface area contributed by atoms with Gasteiger partial charge in [0.05, 0.1) is 39.9 Å². The summed E-state index contributed by atoms with van der Waals surface area (Å²) >= 11 is 0. The van der Waals surface area contributed by atoms with Gasteiger partial charge in [-0.1, -0.05) is 0 Å². The number of hydrogen-bond donors (Lipinski definition) is 0. The quantitative estimate of drug-likeness (QED) is 0.785. The van der Waals surface area contributed by atoms with Crippen LogP contribution in [-0.2, 0) is 15.9 Å². The minimum atomic E-state index is 0.125. The van der Waals surface area contributed by atoms with Gasteiger partial charge in [0, 0.05) is 24.6 Å². The Morgan fingerprint density at radius 3 is 2.25 bits per heavy atom. The molecule has 6 nitrogen and oxygen atoms in total. The summed E-state index contributed by atoms with van der Waals surface area (Å²) in [5, 5.41) is 0. The zero-order valence-corrected chi connectivity index (χ0v) is 16.8. The second-order valence-electron chi connectivity index (χ2n) is 7.06. The summed E-state index contributed by atoms with van der Waals surface area (Å²) in [5.74, 6) is 3.46. The standard InChI is InChI=1S/C22H26N2O4/c1-25-17-9-13-5-7-23-21(15(13)11-19(17)27-3)22-16-12-20(28-4)18(26-2)10-14(16)6-8-24-22/h9-13,15H,5-8H2,1-4H3. The number of nitrogens with zero attached hydrogens (tertiary/aromatic N) is 2. The summed E-state index contributed by atoms with van der Waals surface area (Å²) in [5.41, 5.74) is 4.27. The molecule has 2 atom stereocenters. The lowest BCUT2D eigenvalue weighted by Crippen LogP contribution is -2.36. The maximum absolute atomic E-state index is 5.55. The van der Waals surface area contributed by atoms with E-state index in [1.54, 1.807) is 28.4 Å². The van der Waals surface area contributed by atoms with Crippen molar-refractivity contribution in [3.05, 3.63) is 46.9 Å². The maximum atomic E-state index is 5.55. The molecule has 0 aromatic heterocycles. The van der Waals surface area contributed by atoms with Crippen molar-refractivity contribution in [2.45, 2.75) is 12.8 Å². The number of ether oxygens (including phenoxy) is 4. The molecule has 1 aromatic rings. The van der Waals surface area contributed by atoms with E-state index in [4.69, 9.17) is 28.9 Å². The van der Waals surface area contributed by atoms with Crippen molar-refractivity contribution < 1.29 is 18.9 Å². The molecule has 0 amide bonds. The molecule has 148 valence electrons. The summed E-state index contributed by atoms with van der Waals surface area (Å²) in [6.07, 6.45) is 6.16. The van der Waals surface area contributed by atoms with Gasteiger partial charge in [-0.3, -0.25) is 9.98 Å². The van der Waals surface area contributed by atoms with Crippen LogP contribution in [-0.4, -0.2) is 53.0 Å². The number of rotatable bonds is 5. The zero-order chi connectivity index (χ0) is 19.7. The van der Waals surface area contributed by atoms with Crippen LogP contribution in [0.25, 0.3) is 0 Å². The molecular formula is C22H26N2O4. The normalized spacial score (nSPS) is 23.3. The first-order valence-corrected chi connectivity index (χ1v) is 9.56. The molecule has 0 fully saturated rings. The van der Waals surface area contributed by atoms with E-state index in [1.165, 1.54) is 5.56 Å². The van der Waals surface area contributed by atoms with E-state index in [9.17, 15) is 0 Å². The van der Waals surface area contributed by atoms with E-state index in [0.29, 0.717) is 11.7 Å². The molecule has 3 aliphatic rings. The Balaban J connectivity index is 1.76. The lowest BCUT2D eigenvalue weighted by Gasteiger charge is -2.33. The molecule has 2 heterocycles. The highest BCUT2D eigenvalue weighted by Gasteiger charge is 2.36. The van der Waals surface area contributed by atoms with Crippen molar-refractivity contribution in [1.29, 1.82) is 0 Å². The van der Waals surface area contributed by atoms with Crippen LogP contribution < -0.4 is 9.47 Å². The van der Waals surface area contributed by atoms with Gasteiger partial charge in [-0.25, -0.2) is 0 Å². The lowest BCUT2D eigenvalue weighted by atomic mass is 9.76. The molecule has 2 aliphatic heterocycles. The molecule has 0 N–H and O–H groups in total. The third-order valence-corrected chi connectivity index (χ3v) is 5.66. The number of fused-ring (bicyclic) bond motifs is 2. The van der Waals surface area contributed by atoms with Crippen molar-refractivity contribution in [2.75, 3.05) is 41.5 Å². The van der Waals surface area contributed by atoms with Gasteiger partial charge in [-0.15, -0.1) is 0 Å². The summed E-state index contributed by atoms with van der Waals surface area (Å²) < 4.78 is 22.1. The first-order chi connectivity index (χ1) is 13.7. The molecule has 0 saturated heterocycles. The van der Waals surface area contributed by atoms with Gasteiger partial charge in [0.1, 0.15) is 0 Å². The zero-order valence-electron chi connectivity index (χ0n) is 16.8. The van der Waals surface area contributed by atoms with Crippen LogP contribution in [0.3, 0.4) is 0 Å². The Bertz CT molecular complexity index is 898. The number of aliphatic imine (C=N–C) groups is 2. The highest BCUT2D eigenvalue weighted by atomic mass is 16.5. The topological polar surface area (TPSA) is 61.6 Å². The molecule has 1 aromatic carbocycles. The highest BCUT2D eigenvalue weighted by molar-refractivity contribution is 6.50. The lowest BCUT2D eigenvalue weighted by molar-refractivity contribution is 0.208. The van der Waals surface area contributed by atoms with Crippen molar-refractivity contribution in [3.8, 4) is 11.5 Å². The Kier molecular flexibility index (Phi) is 5.11. The minimum Gasteiger partial charge on any atom is -0.493 e. The van der Waals surface area contributed by atoms with E-state index >= 15 is 0 Å². The van der Waals surface area contributed by atoms with Gasteiger partial charge >= 0.3 is 0 Å². The molecular weight excluding hydrogens is 356 g/mol. The van der Waals surface area contributed by atoms with Crippen molar-refractivity contribution >= 4 is 11.4 Å². The fraction of sp³-hybridized carbons (Fsp3) is 0.455. The summed E-state index contributed by atoms with van der Waals surface area (Å²) in [6, 6.07) is 4.09. The monoisotopic (exact) mass is 382 g/mol. The second kappa shape index (κ2) is 7.70. The predicted octanol–water partition coefficient (Wildman–Crippen LogP) is 3.20. The number of hydrogen-bond acceptors (Lipinski definition) is 6. The van der Waals surface area contributed by atoms with E-state index < -0.39 is 0 Å². The third-order valence-electron chi connectivity index (χ3n) is 5.66. The molecule has 6 heteroatoms. The number of benzene rings is 1. The van der Waals surface area contributed by atoms with Crippen molar-refractivity contribution in [1.82, 2.24) is 0 Å². The van der Waals surface area contributed by atoms with E-state index in [2.05, 4.69) is 18.2 Å². The van der Waals surface area contributed by atoms with Crippen LogP contribution in [0.5, 0.6) is 11.5 Å². The van der Waals surface area contributed by atoms with Crippen LogP contribution in [0.15, 0.2) is 45.8 Å². The first-order valence-electron chi connectivity index (χ1n) is 9.56. The largest absolute Gasteiger partial charge is 0.493 e. The number of allylic oxidation sites excluding steroid dienone is 2. The highest BCUT2D eigenvalue weighted by Crippen LogP contribution is 2.38. The van der Waals surface area contributed by atoms with Crippen LogP contribution >= 0.6 is 0 Å². The SMILES string of the molecule is COC1=CC2CCN=C(C3=NCCc4cc(OC)c(OC)cc43)C2C=C1OC. The first kappa shape index (κ1) is 18.6. The fourth-order valence-electron chi connectivity index (χ4n) is 4.24. The maximum Gasteiger partial charge on any atom is 0.161 e. The van der Waals surface area contributed by atoms with Gasteiger partial charge < -0.3 is 18.9 Å². The fourth-order valence-corrected chi connectivity index (χ4v) is 4.24. The summed E-state index contributed by atoms with van der Waals surface area (Å²) in [6.45, 7) is 1.52. The Labute approximate surface area is 165 Å². The molecule has 4 rings (SSSR count). The predicted molar refractivity (Wildman–Crippen MR) is 109 cm³/mol. The average molecular weight is 382 g/mol. The van der Waals surface area contributed by atoms with Crippen LogP contribution in [0.4, 0.5) is 0 Å². The van der Waals surface area contributed by atoms with E-state index in [1.807, 2.05) is 6.07 Å². The van der Waals surface area contributed by atoms with Gasteiger partial charge in [0.2, 0.25) is 0 Å². The molecule has 28 heavy (non-hydrogen) atoms. The van der Waals surface area contributed by atoms with Gasteiger partial charge in [0.15, 0.2) is 23.0 Å². The molecule has 0 bridgehead atoms. The molecule has 0 saturated carbocycles. The molecule has 1 aliphatic carbocycles. The molecule has 0 spiro atoms. The Morgan fingerprint density at radius 2 is 1.54 bits per heavy atom. The number of methoxy groups -OCH3 is 4. The second-order valence-corrected chi connectivity index (χ2v) is 7.06. The van der Waals surface area contributed by atoms with Crippen LogP contribution in [0.1, 0.15) is 17.5 Å². The Morgan fingerprint density at radius 1 is 0.821 bits per heavy atom. The van der Waals surface area contributed by atoms with Crippen molar-refractivity contribution in [2.24, 2.45) is 21.8 Å². The Hall–Kier alpha value is -2.76. The van der Waals surface area contributed by atoms with Gasteiger partial charge in [0.25, 0.3) is 0 Å². The average Bonchev–Trinajstić information content (AvgIpc) is 2.76. The van der Waals surface area contributed by atoms with Crippen LogP contribution in [0.2, 0.25) is 0 Å². The minimum absolute atomic E-state index is 0.125. The third kappa shape index (κ3) is 3.07. The smallest absolute Gasteiger partial charge is 0.161 e. The molecule has 0 radical (unpaired) electrons. The van der Waals surface area contributed by atoms with E-state index in [-0.39, 0.29) is 5.92 Å². The van der Waals surface area contributed by atoms with E-state index in [0.717, 1.165) is 60.2 Å². The molecule has 2 unspecified atom stereocenters. The van der Waals surface area contributed by atoms with Gasteiger partial charge in [-0.2, -0.15) is 0 Å². The summed E-state index contributed by atoms with van der Waals surface area (Å²) in [4.78, 5) is 9.77. The van der Waals surface area contributed by atoms with Gasteiger partial charge in [-0.05, 0) is 48.6 Å². The van der Waals surface area contributed by atoms with Crippen molar-refractivity contribution in [3.63, 3.8) is 0 Å².